The Hall–Kier alpha value is -4.90. The molecule has 0 atom stereocenters. The molecule has 11 nitrogen and oxygen atoms in total. The lowest BCUT2D eigenvalue weighted by Gasteiger charge is -2.35. The van der Waals surface area contributed by atoms with Crippen LogP contribution in [0.25, 0.3) is 22.5 Å². The molecule has 6 rings (SSSR count). The maximum absolute atomic E-state index is 13.2. The summed E-state index contributed by atoms with van der Waals surface area (Å²) in [4.78, 5) is 27.3. The smallest absolute Gasteiger partial charge is 0.356 e. The fraction of sp³-hybridized carbons (Fsp3) is 0.312. The number of nitrogens with zero attached hydrogens (tertiary/aromatic N) is 8. The van der Waals surface area contributed by atoms with E-state index in [0.717, 1.165) is 78.6 Å². The molecule has 11 heteroatoms. The van der Waals surface area contributed by atoms with Crippen LogP contribution < -0.4 is 4.90 Å². The minimum absolute atomic E-state index is 0.359. The molecule has 0 bridgehead atoms. The molecule has 1 aliphatic rings. The zero-order valence-electron chi connectivity index (χ0n) is 24.5. The van der Waals surface area contributed by atoms with Crippen LogP contribution in [0.5, 0.6) is 0 Å². The number of hydrogen-bond acceptors (Lipinski definition) is 9. The summed E-state index contributed by atoms with van der Waals surface area (Å²) in [5.74, 6) is 2.09. The number of ether oxygens (including phenoxy) is 1. The lowest BCUT2D eigenvalue weighted by Crippen LogP contribution is -2.46. The third kappa shape index (κ3) is 6.17. The van der Waals surface area contributed by atoms with Gasteiger partial charge in [-0.2, -0.15) is 5.21 Å². The molecule has 1 fully saturated rings. The van der Waals surface area contributed by atoms with Crippen LogP contribution in [0.1, 0.15) is 40.9 Å². The Balaban J connectivity index is 1.24. The number of aromatic amines is 1. The van der Waals surface area contributed by atoms with Gasteiger partial charge in [0.2, 0.25) is 5.82 Å². The predicted molar refractivity (Wildman–Crippen MR) is 163 cm³/mol. The molecule has 0 aliphatic carbocycles. The second-order valence-electron chi connectivity index (χ2n) is 10.6. The summed E-state index contributed by atoms with van der Waals surface area (Å²) in [6.07, 6.45) is 3.52. The average Bonchev–Trinajstić information content (AvgIpc) is 3.71. The number of aryl methyl sites for hydroxylation is 1. The first-order valence-electron chi connectivity index (χ1n) is 14.6. The summed E-state index contributed by atoms with van der Waals surface area (Å²) in [5.41, 5.74) is 5.34. The van der Waals surface area contributed by atoms with Gasteiger partial charge in [-0.15, -0.1) is 10.2 Å². The van der Waals surface area contributed by atoms with Crippen LogP contribution in [0.3, 0.4) is 0 Å². The predicted octanol–water partition coefficient (Wildman–Crippen LogP) is 4.23. The summed E-state index contributed by atoms with van der Waals surface area (Å²) in [6, 6.07) is 22.4. The minimum atomic E-state index is -0.359. The number of pyridine rings is 1. The van der Waals surface area contributed by atoms with Crippen molar-refractivity contribution in [2.75, 3.05) is 38.2 Å². The molecule has 4 heterocycles. The van der Waals surface area contributed by atoms with E-state index in [4.69, 9.17) is 9.72 Å². The summed E-state index contributed by atoms with van der Waals surface area (Å²) in [6.45, 7) is 6.71. The number of H-pyrrole nitrogens is 1. The zero-order chi connectivity index (χ0) is 29.6. The molecule has 0 radical (unpaired) electrons. The van der Waals surface area contributed by atoms with Crippen LogP contribution in [0.4, 0.5) is 5.82 Å². The number of rotatable bonds is 10. The quantitative estimate of drug-likeness (QED) is 0.243. The molecule has 43 heavy (non-hydrogen) atoms. The number of piperazine rings is 1. The molecular formula is C32H35N9O2. The molecule has 3 aromatic heterocycles. The zero-order valence-corrected chi connectivity index (χ0v) is 24.5. The molecule has 1 aliphatic heterocycles. The van der Waals surface area contributed by atoms with Gasteiger partial charge in [-0.3, -0.25) is 4.90 Å². The molecule has 2 aromatic carbocycles. The van der Waals surface area contributed by atoms with Crippen molar-refractivity contribution in [2.24, 2.45) is 0 Å². The van der Waals surface area contributed by atoms with E-state index in [2.05, 4.69) is 66.6 Å². The highest BCUT2D eigenvalue weighted by molar-refractivity contribution is 5.89. The van der Waals surface area contributed by atoms with E-state index in [9.17, 15) is 4.79 Å². The van der Waals surface area contributed by atoms with Crippen molar-refractivity contribution in [2.45, 2.75) is 32.9 Å². The number of tetrazole rings is 1. The maximum Gasteiger partial charge on any atom is 0.356 e. The van der Waals surface area contributed by atoms with Crippen molar-refractivity contribution in [3.05, 3.63) is 95.7 Å². The van der Waals surface area contributed by atoms with E-state index in [1.54, 1.807) is 0 Å². The average molecular weight is 578 g/mol. The summed E-state index contributed by atoms with van der Waals surface area (Å²) in [7, 11) is 1.44. The minimum Gasteiger partial charge on any atom is -0.464 e. The van der Waals surface area contributed by atoms with Crippen molar-refractivity contribution < 1.29 is 9.53 Å². The monoisotopic (exact) mass is 577 g/mol. The number of methoxy groups -OCH3 is 1. The van der Waals surface area contributed by atoms with Crippen molar-refractivity contribution in [1.29, 1.82) is 0 Å². The standard InChI is InChI=1S/C32H35N9O2/c1-3-8-29-34-27(22-39-17-19-40(20-18-39)28-11-6-7-16-33-28)30(32(42)43-2)41(29)21-23-12-14-24(15-13-23)25-9-4-5-10-26(25)31-35-37-38-36-31/h4-7,9-16H,3,8,17-22H2,1-2H3,(H,35,36,37,38). The summed E-state index contributed by atoms with van der Waals surface area (Å²) < 4.78 is 7.32. The lowest BCUT2D eigenvalue weighted by atomic mass is 9.98. The van der Waals surface area contributed by atoms with E-state index >= 15 is 0 Å². The maximum atomic E-state index is 13.2. The number of esters is 1. The summed E-state index contributed by atoms with van der Waals surface area (Å²) >= 11 is 0. The Bertz CT molecular complexity index is 1640. The van der Waals surface area contributed by atoms with E-state index in [1.165, 1.54) is 7.11 Å². The number of carbonyl (C=O) groups excluding carboxylic acids is 1. The van der Waals surface area contributed by atoms with Gasteiger partial charge >= 0.3 is 5.97 Å². The summed E-state index contributed by atoms with van der Waals surface area (Å²) in [5, 5.41) is 14.6. The molecule has 0 amide bonds. The lowest BCUT2D eigenvalue weighted by molar-refractivity contribution is 0.0585. The molecule has 0 unspecified atom stereocenters. The first-order valence-corrected chi connectivity index (χ1v) is 14.6. The van der Waals surface area contributed by atoms with Gasteiger partial charge in [0.05, 0.1) is 12.8 Å². The largest absolute Gasteiger partial charge is 0.464 e. The highest BCUT2D eigenvalue weighted by Gasteiger charge is 2.27. The van der Waals surface area contributed by atoms with Gasteiger partial charge in [-0.25, -0.2) is 14.8 Å². The molecular weight excluding hydrogens is 542 g/mol. The molecule has 1 N–H and O–H groups in total. The number of benzene rings is 2. The third-order valence-electron chi connectivity index (χ3n) is 7.81. The Labute approximate surface area is 250 Å². The number of nitrogens with one attached hydrogen (secondary N) is 1. The van der Waals surface area contributed by atoms with Crippen LogP contribution in [0, 0.1) is 0 Å². The van der Waals surface area contributed by atoms with E-state index < -0.39 is 0 Å². The fourth-order valence-electron chi connectivity index (χ4n) is 5.64. The Kier molecular flexibility index (Phi) is 8.50. The third-order valence-corrected chi connectivity index (χ3v) is 7.81. The van der Waals surface area contributed by atoms with Crippen LogP contribution >= 0.6 is 0 Å². The Morgan fingerprint density at radius 2 is 1.70 bits per heavy atom. The molecule has 0 saturated carbocycles. The Morgan fingerprint density at radius 1 is 0.930 bits per heavy atom. The van der Waals surface area contributed by atoms with Crippen LogP contribution in [-0.4, -0.2) is 79.3 Å². The normalized spacial score (nSPS) is 13.8. The van der Waals surface area contributed by atoms with Crippen molar-refractivity contribution in [1.82, 2.24) is 40.1 Å². The van der Waals surface area contributed by atoms with E-state index in [0.29, 0.717) is 24.6 Å². The van der Waals surface area contributed by atoms with Gasteiger partial charge in [-0.1, -0.05) is 61.5 Å². The van der Waals surface area contributed by atoms with Gasteiger partial charge in [0, 0.05) is 57.4 Å². The Morgan fingerprint density at radius 3 is 2.37 bits per heavy atom. The van der Waals surface area contributed by atoms with Crippen molar-refractivity contribution >= 4 is 11.8 Å². The van der Waals surface area contributed by atoms with Gasteiger partial charge in [0.1, 0.15) is 11.6 Å². The van der Waals surface area contributed by atoms with Gasteiger partial charge in [0.15, 0.2) is 5.69 Å². The first kappa shape index (κ1) is 28.2. The SMILES string of the molecule is CCCc1nc(CN2CCN(c3ccccn3)CC2)c(C(=O)OC)n1Cc1ccc(-c2ccccc2-c2nn[nH]n2)cc1. The van der Waals surface area contributed by atoms with Crippen LogP contribution in [0.2, 0.25) is 0 Å². The highest BCUT2D eigenvalue weighted by Crippen LogP contribution is 2.30. The molecule has 220 valence electrons. The number of carbonyl (C=O) groups is 1. The first-order chi connectivity index (χ1) is 21.1. The second-order valence-corrected chi connectivity index (χ2v) is 10.6. The number of imidazole rings is 1. The second kappa shape index (κ2) is 13.0. The van der Waals surface area contributed by atoms with E-state index in [-0.39, 0.29) is 5.97 Å². The van der Waals surface area contributed by atoms with Gasteiger partial charge in [-0.05, 0) is 40.5 Å². The molecule has 5 aromatic rings. The topological polar surface area (TPSA) is 118 Å². The van der Waals surface area contributed by atoms with E-state index in [1.807, 2.05) is 53.2 Å². The number of anilines is 1. The number of hydrogen-bond donors (Lipinski definition) is 1. The fourth-order valence-corrected chi connectivity index (χ4v) is 5.64. The van der Waals surface area contributed by atoms with Crippen LogP contribution in [0.15, 0.2) is 72.9 Å². The number of aromatic nitrogens is 7. The highest BCUT2D eigenvalue weighted by atomic mass is 16.5. The van der Waals surface area contributed by atoms with Crippen molar-refractivity contribution in [3.63, 3.8) is 0 Å². The van der Waals surface area contributed by atoms with Crippen LogP contribution in [-0.2, 0) is 24.2 Å². The van der Waals surface area contributed by atoms with Crippen molar-refractivity contribution in [3.8, 4) is 22.5 Å². The molecule has 1 saturated heterocycles. The van der Waals surface area contributed by atoms with Gasteiger partial charge < -0.3 is 14.2 Å². The molecule has 0 spiro atoms. The van der Waals surface area contributed by atoms with Gasteiger partial charge in [0.25, 0.3) is 0 Å².